The largest absolute Gasteiger partial charge is 0.457 e. The van der Waals surface area contributed by atoms with E-state index in [4.69, 9.17) is 4.74 Å². The molecule has 0 bridgehead atoms. The zero-order chi connectivity index (χ0) is 12.3. The minimum absolute atomic E-state index is 0.297. The predicted molar refractivity (Wildman–Crippen MR) is 67.1 cm³/mol. The first-order chi connectivity index (χ1) is 8.15. The van der Waals surface area contributed by atoms with E-state index >= 15 is 0 Å². The van der Waals surface area contributed by atoms with E-state index in [1.807, 2.05) is 18.2 Å². The summed E-state index contributed by atoms with van der Waals surface area (Å²) in [5.41, 5.74) is -0.383. The van der Waals surface area contributed by atoms with Crippen LogP contribution in [0.25, 0.3) is 0 Å². The Balaban J connectivity index is 2.41. The van der Waals surface area contributed by atoms with E-state index in [2.05, 4.69) is 15.9 Å². The Morgan fingerprint density at radius 2 is 1.65 bits per heavy atom. The summed E-state index contributed by atoms with van der Waals surface area (Å²) in [5, 5.41) is 11.3. The molecule has 3 nitrogen and oxygen atoms in total. The van der Waals surface area contributed by atoms with Crippen molar-refractivity contribution in [1.82, 2.24) is 0 Å². The predicted octanol–water partition coefficient (Wildman–Crippen LogP) is 3.75. The molecule has 0 aliphatic carbocycles. The van der Waals surface area contributed by atoms with Crippen LogP contribution in [-0.2, 0) is 5.11 Å². The lowest BCUT2D eigenvalue weighted by Crippen LogP contribution is -1.92. The Morgan fingerprint density at radius 3 is 2.35 bits per heavy atom. The van der Waals surface area contributed by atoms with E-state index in [1.54, 1.807) is 12.1 Å². The average Bonchev–Trinajstić information content (AvgIpc) is 2.40. The molecule has 0 saturated heterocycles. The maximum absolute atomic E-state index is 11.4. The SMILES string of the molecule is [O]c1cc(=O)cc(Oc2ccccc2)cc1Br. The summed E-state index contributed by atoms with van der Waals surface area (Å²) in [4.78, 5) is 11.4. The quantitative estimate of drug-likeness (QED) is 0.846. The van der Waals surface area contributed by atoms with Gasteiger partial charge in [-0.2, -0.15) is 0 Å². The van der Waals surface area contributed by atoms with Gasteiger partial charge in [0, 0.05) is 12.1 Å². The van der Waals surface area contributed by atoms with Gasteiger partial charge >= 0.3 is 0 Å². The van der Waals surface area contributed by atoms with Crippen molar-refractivity contribution in [2.24, 2.45) is 0 Å². The number of rotatable bonds is 2. The van der Waals surface area contributed by atoms with Gasteiger partial charge in [0.1, 0.15) is 11.5 Å². The van der Waals surface area contributed by atoms with Crippen LogP contribution in [0.15, 0.2) is 57.8 Å². The summed E-state index contributed by atoms with van der Waals surface area (Å²) in [6, 6.07) is 12.8. The third-order valence-corrected chi connectivity index (χ3v) is 2.66. The lowest BCUT2D eigenvalue weighted by Gasteiger charge is -2.02. The standard InChI is InChI=1S/C13H8BrO3/c14-12-8-11(6-9(15)7-13(12)16)17-10-4-2-1-3-5-10/h1-8H. The van der Waals surface area contributed by atoms with Gasteiger partial charge in [0.25, 0.3) is 0 Å². The highest BCUT2D eigenvalue weighted by Gasteiger charge is 2.03. The van der Waals surface area contributed by atoms with Crippen molar-refractivity contribution in [2.45, 2.75) is 0 Å². The Kier molecular flexibility index (Phi) is 3.44. The van der Waals surface area contributed by atoms with Gasteiger partial charge in [-0.05, 0) is 34.1 Å². The van der Waals surface area contributed by atoms with Crippen molar-refractivity contribution in [3.05, 3.63) is 63.2 Å². The molecule has 0 unspecified atom stereocenters. The minimum Gasteiger partial charge on any atom is -0.457 e. The minimum atomic E-state index is -0.383. The molecular formula is C13H8BrO3. The second kappa shape index (κ2) is 5.01. The molecule has 4 heteroatoms. The van der Waals surface area contributed by atoms with E-state index in [9.17, 15) is 9.90 Å². The highest BCUT2D eigenvalue weighted by atomic mass is 79.9. The smallest absolute Gasteiger partial charge is 0.196 e. The third kappa shape index (κ3) is 3.07. The topological polar surface area (TPSA) is 46.2 Å². The Morgan fingerprint density at radius 1 is 0.941 bits per heavy atom. The molecule has 0 N–H and O–H groups in total. The number of benzene rings is 1. The zero-order valence-corrected chi connectivity index (χ0v) is 10.3. The van der Waals surface area contributed by atoms with Crippen LogP contribution < -0.4 is 10.2 Å². The molecule has 0 aliphatic rings. The van der Waals surface area contributed by atoms with E-state index < -0.39 is 0 Å². The van der Waals surface area contributed by atoms with Crippen LogP contribution in [-0.4, -0.2) is 0 Å². The van der Waals surface area contributed by atoms with E-state index in [-0.39, 0.29) is 11.2 Å². The summed E-state index contributed by atoms with van der Waals surface area (Å²) in [6.07, 6.45) is 0. The van der Waals surface area contributed by atoms with Crippen LogP contribution in [0, 0.1) is 0 Å². The Labute approximate surface area is 106 Å². The highest BCUT2D eigenvalue weighted by molar-refractivity contribution is 9.10. The van der Waals surface area contributed by atoms with Gasteiger partial charge in [-0.25, -0.2) is 0 Å². The molecule has 0 spiro atoms. The summed E-state index contributed by atoms with van der Waals surface area (Å²) in [5.74, 6) is 0.575. The number of ether oxygens (including phenoxy) is 1. The fourth-order valence-electron chi connectivity index (χ4n) is 1.30. The van der Waals surface area contributed by atoms with Crippen LogP contribution in [0.5, 0.6) is 17.2 Å². The number of halogens is 1. The third-order valence-electron chi connectivity index (χ3n) is 2.04. The molecule has 0 fully saturated rings. The number of hydrogen-bond donors (Lipinski definition) is 0. The van der Waals surface area contributed by atoms with Gasteiger partial charge in [-0.15, -0.1) is 0 Å². The maximum Gasteiger partial charge on any atom is 0.196 e. The molecule has 85 valence electrons. The molecule has 0 aromatic heterocycles. The van der Waals surface area contributed by atoms with Crippen LogP contribution in [0.1, 0.15) is 0 Å². The molecule has 2 rings (SSSR count). The van der Waals surface area contributed by atoms with Crippen molar-refractivity contribution in [3.8, 4) is 17.2 Å². The van der Waals surface area contributed by atoms with Gasteiger partial charge in [0.05, 0.1) is 4.47 Å². The van der Waals surface area contributed by atoms with Gasteiger partial charge in [0.2, 0.25) is 0 Å². The molecule has 2 aromatic rings. The van der Waals surface area contributed by atoms with Crippen molar-refractivity contribution in [1.29, 1.82) is 0 Å². The summed E-state index contributed by atoms with van der Waals surface area (Å²) < 4.78 is 5.78. The first kappa shape index (κ1) is 11.7. The summed E-state index contributed by atoms with van der Waals surface area (Å²) in [7, 11) is 0. The second-order valence-electron chi connectivity index (χ2n) is 3.37. The van der Waals surface area contributed by atoms with E-state index in [1.165, 1.54) is 12.1 Å². The number of hydrogen-bond acceptors (Lipinski definition) is 2. The van der Waals surface area contributed by atoms with Crippen molar-refractivity contribution in [3.63, 3.8) is 0 Å². The lowest BCUT2D eigenvalue weighted by molar-refractivity contribution is 0.352. The Bertz CT molecular complexity index is 582. The molecule has 0 atom stereocenters. The lowest BCUT2D eigenvalue weighted by atomic mass is 10.3. The van der Waals surface area contributed by atoms with E-state index in [0.717, 1.165) is 6.07 Å². The van der Waals surface area contributed by atoms with Crippen LogP contribution in [0.4, 0.5) is 0 Å². The fraction of sp³-hybridized carbons (Fsp3) is 0. The molecule has 0 saturated carbocycles. The summed E-state index contributed by atoms with van der Waals surface area (Å²) in [6.45, 7) is 0. The number of para-hydroxylation sites is 1. The normalized spacial score (nSPS) is 9.94. The van der Waals surface area contributed by atoms with Crippen LogP contribution >= 0.6 is 15.9 Å². The Hall–Kier alpha value is -1.81. The average molecular weight is 292 g/mol. The highest BCUT2D eigenvalue weighted by Crippen LogP contribution is 2.27. The molecule has 0 heterocycles. The molecular weight excluding hydrogens is 284 g/mol. The molecule has 0 aliphatic heterocycles. The van der Waals surface area contributed by atoms with Gasteiger partial charge < -0.3 is 4.74 Å². The first-order valence-corrected chi connectivity index (χ1v) is 5.69. The van der Waals surface area contributed by atoms with Gasteiger partial charge in [0.15, 0.2) is 11.2 Å². The van der Waals surface area contributed by atoms with E-state index in [0.29, 0.717) is 16.0 Å². The van der Waals surface area contributed by atoms with Gasteiger partial charge in [-0.3, -0.25) is 9.90 Å². The molecule has 2 aromatic carbocycles. The monoisotopic (exact) mass is 291 g/mol. The van der Waals surface area contributed by atoms with Crippen LogP contribution in [0.3, 0.4) is 0 Å². The summed E-state index contributed by atoms with van der Waals surface area (Å²) >= 11 is 3.09. The molecule has 0 amide bonds. The molecule has 17 heavy (non-hydrogen) atoms. The van der Waals surface area contributed by atoms with Crippen molar-refractivity contribution in [2.75, 3.05) is 0 Å². The van der Waals surface area contributed by atoms with Crippen molar-refractivity contribution >= 4 is 15.9 Å². The van der Waals surface area contributed by atoms with Crippen LogP contribution in [0.2, 0.25) is 0 Å². The van der Waals surface area contributed by atoms with Gasteiger partial charge in [-0.1, -0.05) is 18.2 Å². The zero-order valence-electron chi connectivity index (χ0n) is 8.72. The maximum atomic E-state index is 11.4. The second-order valence-corrected chi connectivity index (χ2v) is 4.22. The molecule has 1 radical (unpaired) electrons. The fourth-order valence-corrected chi connectivity index (χ4v) is 1.64. The first-order valence-electron chi connectivity index (χ1n) is 4.90. The van der Waals surface area contributed by atoms with Crippen molar-refractivity contribution < 1.29 is 9.84 Å².